The van der Waals surface area contributed by atoms with Gasteiger partial charge in [0.05, 0.1) is 5.69 Å². The van der Waals surface area contributed by atoms with Gasteiger partial charge in [0, 0.05) is 44.8 Å². The van der Waals surface area contributed by atoms with Crippen molar-refractivity contribution in [2.24, 2.45) is 7.05 Å². The van der Waals surface area contributed by atoms with Crippen LogP contribution in [0.25, 0.3) is 0 Å². The quantitative estimate of drug-likeness (QED) is 0.817. The molecule has 1 atom stereocenters. The number of amides is 2. The van der Waals surface area contributed by atoms with E-state index in [0.29, 0.717) is 30.5 Å². The smallest absolute Gasteiger partial charge is 0.321 e. The Kier molecular flexibility index (Phi) is 6.20. The summed E-state index contributed by atoms with van der Waals surface area (Å²) >= 11 is 0. The van der Waals surface area contributed by atoms with Gasteiger partial charge in [-0.15, -0.1) is 10.2 Å². The zero-order valence-electron chi connectivity index (χ0n) is 17.9. The van der Waals surface area contributed by atoms with Crippen molar-refractivity contribution in [1.29, 1.82) is 0 Å². The minimum atomic E-state index is -0.295. The number of hydrogen-bond acceptors (Lipinski definition) is 4. The molecule has 2 aromatic rings. The molecule has 0 bridgehead atoms. The van der Waals surface area contributed by atoms with Crippen LogP contribution in [0.5, 0.6) is 0 Å². The molecule has 1 unspecified atom stereocenters. The van der Waals surface area contributed by atoms with Gasteiger partial charge in [0.25, 0.3) is 0 Å². The number of nitrogens with one attached hydrogen (secondary N) is 1. The highest BCUT2D eigenvalue weighted by Gasteiger charge is 2.28. The molecule has 1 aliphatic carbocycles. The molecular formula is C22H31FN6O. The highest BCUT2D eigenvalue weighted by molar-refractivity contribution is 5.89. The lowest BCUT2D eigenvalue weighted by atomic mass is 9.94. The number of carbonyl (C=O) groups is 1. The molecule has 1 N–H and O–H groups in total. The maximum absolute atomic E-state index is 14.8. The molecule has 30 heavy (non-hydrogen) atoms. The van der Waals surface area contributed by atoms with Gasteiger partial charge in [-0.2, -0.15) is 0 Å². The van der Waals surface area contributed by atoms with Crippen LogP contribution < -0.4 is 10.2 Å². The van der Waals surface area contributed by atoms with Gasteiger partial charge >= 0.3 is 6.03 Å². The molecule has 0 radical (unpaired) electrons. The Balaban J connectivity index is 1.39. The zero-order chi connectivity index (χ0) is 21.1. The van der Waals surface area contributed by atoms with Crippen molar-refractivity contribution in [2.45, 2.75) is 56.9 Å². The van der Waals surface area contributed by atoms with Gasteiger partial charge in [-0.3, -0.25) is 0 Å². The standard InChI is InChI=1S/C22H31FN6O/c1-27-15-24-26-21(27)16-7-6-12-29(14-16)22(30)25-17-10-11-20(19(23)13-17)28(2)18-8-4-3-5-9-18/h10-11,13,15-16,18H,3-9,12,14H2,1-2H3,(H,25,30). The maximum Gasteiger partial charge on any atom is 0.321 e. The normalized spacial score (nSPS) is 20.2. The molecular weight excluding hydrogens is 383 g/mol. The maximum atomic E-state index is 14.8. The van der Waals surface area contributed by atoms with Gasteiger partial charge < -0.3 is 19.7 Å². The lowest BCUT2D eigenvalue weighted by Gasteiger charge is -2.33. The molecule has 7 nitrogen and oxygen atoms in total. The second kappa shape index (κ2) is 9.02. The molecule has 1 aromatic carbocycles. The van der Waals surface area contributed by atoms with Gasteiger partial charge in [-0.25, -0.2) is 9.18 Å². The summed E-state index contributed by atoms with van der Waals surface area (Å²) in [6.45, 7) is 1.27. The van der Waals surface area contributed by atoms with E-state index in [2.05, 4.69) is 20.4 Å². The molecule has 2 amide bonds. The van der Waals surface area contributed by atoms with Gasteiger partial charge in [0.15, 0.2) is 0 Å². The highest BCUT2D eigenvalue weighted by Crippen LogP contribution is 2.30. The van der Waals surface area contributed by atoms with Crippen LogP contribution in [-0.4, -0.2) is 51.9 Å². The van der Waals surface area contributed by atoms with Crippen molar-refractivity contribution in [2.75, 3.05) is 30.4 Å². The predicted octanol–water partition coefficient (Wildman–Crippen LogP) is 4.13. The summed E-state index contributed by atoms with van der Waals surface area (Å²) in [5.74, 6) is 0.769. The lowest BCUT2D eigenvalue weighted by molar-refractivity contribution is 0.190. The number of halogens is 1. The number of nitrogens with zero attached hydrogens (tertiary/aromatic N) is 5. The SMILES string of the molecule is CN(c1ccc(NC(=O)N2CCCC(c3nncn3C)C2)cc1F)C1CCCCC1. The Morgan fingerprint density at radius 3 is 2.70 bits per heavy atom. The Hall–Kier alpha value is -2.64. The van der Waals surface area contributed by atoms with Crippen LogP contribution in [0.4, 0.5) is 20.6 Å². The first-order valence-electron chi connectivity index (χ1n) is 10.9. The number of urea groups is 1. The number of likely N-dealkylation sites (tertiary alicyclic amines) is 1. The second-order valence-corrected chi connectivity index (χ2v) is 8.58. The van der Waals surface area contributed by atoms with E-state index in [1.165, 1.54) is 25.3 Å². The third kappa shape index (κ3) is 4.42. The van der Waals surface area contributed by atoms with Crippen LogP contribution in [0.1, 0.15) is 56.7 Å². The monoisotopic (exact) mass is 414 g/mol. The summed E-state index contributed by atoms with van der Waals surface area (Å²) in [5, 5.41) is 11.0. The van der Waals surface area contributed by atoms with E-state index in [1.54, 1.807) is 23.4 Å². The molecule has 1 aliphatic heterocycles. The predicted molar refractivity (Wildman–Crippen MR) is 115 cm³/mol. The van der Waals surface area contributed by atoms with E-state index in [-0.39, 0.29) is 17.8 Å². The molecule has 4 rings (SSSR count). The van der Waals surface area contributed by atoms with Crippen LogP contribution in [0.3, 0.4) is 0 Å². The average molecular weight is 415 g/mol. The Bertz CT molecular complexity index is 878. The minimum absolute atomic E-state index is 0.167. The molecule has 2 aliphatic rings. The molecule has 1 saturated carbocycles. The van der Waals surface area contributed by atoms with Gasteiger partial charge in [0.1, 0.15) is 18.0 Å². The third-order valence-corrected chi connectivity index (χ3v) is 6.52. The minimum Gasteiger partial charge on any atom is -0.369 e. The Labute approximate surface area is 177 Å². The number of benzene rings is 1. The molecule has 0 spiro atoms. The molecule has 2 heterocycles. The number of piperidine rings is 1. The molecule has 1 saturated heterocycles. The van der Waals surface area contributed by atoms with Crippen molar-refractivity contribution in [3.8, 4) is 0 Å². The first-order valence-corrected chi connectivity index (χ1v) is 10.9. The summed E-state index contributed by atoms with van der Waals surface area (Å²) in [5.41, 5.74) is 1.08. The summed E-state index contributed by atoms with van der Waals surface area (Å²) < 4.78 is 16.7. The van der Waals surface area contributed by atoms with E-state index in [1.807, 2.05) is 18.7 Å². The van der Waals surface area contributed by atoms with Gasteiger partial charge in [0.2, 0.25) is 0 Å². The van der Waals surface area contributed by atoms with Crippen molar-refractivity contribution in [3.63, 3.8) is 0 Å². The number of rotatable bonds is 4. The summed E-state index contributed by atoms with van der Waals surface area (Å²) in [6.07, 6.45) is 9.46. The number of anilines is 2. The van der Waals surface area contributed by atoms with Crippen molar-refractivity contribution in [3.05, 3.63) is 36.2 Å². The van der Waals surface area contributed by atoms with Crippen molar-refractivity contribution in [1.82, 2.24) is 19.7 Å². The van der Waals surface area contributed by atoms with E-state index >= 15 is 0 Å². The number of aryl methyl sites for hydroxylation is 1. The van der Waals surface area contributed by atoms with E-state index in [9.17, 15) is 9.18 Å². The highest BCUT2D eigenvalue weighted by atomic mass is 19.1. The topological polar surface area (TPSA) is 66.3 Å². The fourth-order valence-corrected chi connectivity index (χ4v) is 4.77. The molecule has 162 valence electrons. The van der Waals surface area contributed by atoms with Crippen molar-refractivity contribution < 1.29 is 9.18 Å². The van der Waals surface area contributed by atoms with E-state index in [4.69, 9.17) is 0 Å². The summed E-state index contributed by atoms with van der Waals surface area (Å²) in [6, 6.07) is 5.18. The fraction of sp³-hybridized carbons (Fsp3) is 0.591. The van der Waals surface area contributed by atoms with E-state index in [0.717, 1.165) is 31.5 Å². The lowest BCUT2D eigenvalue weighted by Crippen LogP contribution is -2.42. The molecule has 2 fully saturated rings. The molecule has 8 heteroatoms. The summed E-state index contributed by atoms with van der Waals surface area (Å²) in [4.78, 5) is 16.6. The van der Waals surface area contributed by atoms with E-state index < -0.39 is 0 Å². The van der Waals surface area contributed by atoms with Gasteiger partial charge in [-0.05, 0) is 43.9 Å². The largest absolute Gasteiger partial charge is 0.369 e. The van der Waals surface area contributed by atoms with Crippen LogP contribution >= 0.6 is 0 Å². The first-order chi connectivity index (χ1) is 14.5. The number of hydrogen-bond donors (Lipinski definition) is 1. The van der Waals surface area contributed by atoms with Gasteiger partial charge in [-0.1, -0.05) is 19.3 Å². The Morgan fingerprint density at radius 1 is 1.20 bits per heavy atom. The second-order valence-electron chi connectivity index (χ2n) is 8.58. The average Bonchev–Trinajstić information content (AvgIpc) is 3.20. The van der Waals surface area contributed by atoms with Crippen molar-refractivity contribution >= 4 is 17.4 Å². The Morgan fingerprint density at radius 2 is 2.00 bits per heavy atom. The molecule has 1 aromatic heterocycles. The first kappa shape index (κ1) is 20.6. The fourth-order valence-electron chi connectivity index (χ4n) is 4.77. The zero-order valence-corrected chi connectivity index (χ0v) is 17.9. The number of aromatic nitrogens is 3. The van der Waals surface area contributed by atoms with Crippen LogP contribution in [0.15, 0.2) is 24.5 Å². The van der Waals surface area contributed by atoms with Crippen LogP contribution in [0, 0.1) is 5.82 Å². The van der Waals surface area contributed by atoms with Crippen LogP contribution in [0.2, 0.25) is 0 Å². The number of carbonyl (C=O) groups excluding carboxylic acids is 1. The third-order valence-electron chi connectivity index (χ3n) is 6.52. The summed E-state index contributed by atoms with van der Waals surface area (Å²) in [7, 11) is 3.88. The van der Waals surface area contributed by atoms with Crippen LogP contribution in [-0.2, 0) is 7.05 Å².